The summed E-state index contributed by atoms with van der Waals surface area (Å²) in [5.41, 5.74) is -1.22. The van der Waals surface area contributed by atoms with E-state index >= 15 is 0 Å². The van der Waals surface area contributed by atoms with Crippen LogP contribution in [0.4, 0.5) is 17.6 Å². The molecule has 1 atom stereocenters. The maximum absolute atomic E-state index is 13.4. The molecule has 1 saturated carbocycles. The summed E-state index contributed by atoms with van der Waals surface area (Å²) in [4.78, 5) is 15.0. The topological polar surface area (TPSA) is 34.9 Å². The second-order valence-electron chi connectivity index (χ2n) is 4.78. The summed E-state index contributed by atoms with van der Waals surface area (Å²) in [6.07, 6.45) is -0.852. The van der Waals surface area contributed by atoms with Crippen LogP contribution in [-0.2, 0) is 6.54 Å². The molecular formula is C12H14F4N2O. The molecule has 0 saturated heterocycles. The zero-order chi connectivity index (χ0) is 14.0. The van der Waals surface area contributed by atoms with Crippen molar-refractivity contribution in [2.75, 3.05) is 0 Å². The number of halogens is 4. The van der Waals surface area contributed by atoms with E-state index in [1.807, 2.05) is 0 Å². The average Bonchev–Trinajstić information content (AvgIpc) is 2.66. The van der Waals surface area contributed by atoms with Gasteiger partial charge in [0.1, 0.15) is 5.69 Å². The smallest absolute Gasteiger partial charge is 0.280 e. The van der Waals surface area contributed by atoms with E-state index in [0.29, 0.717) is 12.8 Å². The predicted molar refractivity (Wildman–Crippen MR) is 60.4 cm³/mol. The van der Waals surface area contributed by atoms with Gasteiger partial charge in [-0.15, -0.1) is 0 Å². The summed E-state index contributed by atoms with van der Waals surface area (Å²) in [6.45, 7) is 0.0790. The van der Waals surface area contributed by atoms with Gasteiger partial charge in [-0.2, -0.15) is 0 Å². The highest BCUT2D eigenvalue weighted by atomic mass is 19.3. The number of alkyl halides is 4. The van der Waals surface area contributed by atoms with Gasteiger partial charge in [-0.05, 0) is 19.3 Å². The summed E-state index contributed by atoms with van der Waals surface area (Å²) < 4.78 is 52.5. The van der Waals surface area contributed by atoms with Crippen molar-refractivity contribution in [3.8, 4) is 0 Å². The molecule has 0 radical (unpaired) electrons. The molecule has 0 bridgehead atoms. The third-order valence-electron chi connectivity index (χ3n) is 3.50. The Morgan fingerprint density at radius 1 is 1.47 bits per heavy atom. The Hall–Kier alpha value is -1.40. The van der Waals surface area contributed by atoms with Gasteiger partial charge in [0, 0.05) is 24.9 Å². The zero-order valence-corrected chi connectivity index (χ0v) is 10.2. The molecule has 1 aliphatic carbocycles. The van der Waals surface area contributed by atoms with Crippen molar-refractivity contribution in [1.82, 2.24) is 9.55 Å². The molecule has 1 aromatic heterocycles. The van der Waals surface area contributed by atoms with Crippen LogP contribution in [0.1, 0.15) is 37.8 Å². The lowest BCUT2D eigenvalue weighted by Crippen LogP contribution is -2.26. The highest BCUT2D eigenvalue weighted by molar-refractivity contribution is 5.00. The number of hydrogen-bond acceptors (Lipinski definition) is 2. The molecule has 3 nitrogen and oxygen atoms in total. The molecule has 1 fully saturated rings. The van der Waals surface area contributed by atoms with Crippen LogP contribution in [0.3, 0.4) is 0 Å². The Labute approximate surface area is 107 Å². The first-order valence-electron chi connectivity index (χ1n) is 6.12. The lowest BCUT2D eigenvalue weighted by Gasteiger charge is -2.19. The Morgan fingerprint density at radius 3 is 2.74 bits per heavy atom. The summed E-state index contributed by atoms with van der Waals surface area (Å²) >= 11 is 0. The second-order valence-corrected chi connectivity index (χ2v) is 4.78. The normalized spacial score (nSPS) is 22.1. The molecule has 0 amide bonds. The van der Waals surface area contributed by atoms with Gasteiger partial charge in [-0.3, -0.25) is 9.36 Å². The fraction of sp³-hybridized carbons (Fsp3) is 0.667. The molecule has 0 spiro atoms. The van der Waals surface area contributed by atoms with Gasteiger partial charge in [-0.25, -0.2) is 22.5 Å². The first-order chi connectivity index (χ1) is 8.90. The summed E-state index contributed by atoms with van der Waals surface area (Å²) in [5.74, 6) is -3.42. The van der Waals surface area contributed by atoms with Gasteiger partial charge in [0.25, 0.3) is 17.9 Å². The molecule has 0 N–H and O–H groups in total. The number of nitrogens with zero attached hydrogens (tertiary/aromatic N) is 2. The average molecular weight is 278 g/mol. The standard InChI is InChI=1S/C12H14F4N2O/c13-11(14)9-6-10(19)18(7-17-9)5-3-8-2-1-4-12(8,15)16/h6-8,11H,1-5H2. The van der Waals surface area contributed by atoms with Crippen molar-refractivity contribution in [3.05, 3.63) is 28.4 Å². The molecule has 19 heavy (non-hydrogen) atoms. The van der Waals surface area contributed by atoms with E-state index in [2.05, 4.69) is 4.98 Å². The number of aryl methyl sites for hydroxylation is 1. The fourth-order valence-corrected chi connectivity index (χ4v) is 2.38. The fourth-order valence-electron chi connectivity index (χ4n) is 2.38. The Kier molecular flexibility index (Phi) is 3.91. The van der Waals surface area contributed by atoms with Crippen LogP contribution in [0.5, 0.6) is 0 Å². The van der Waals surface area contributed by atoms with Gasteiger partial charge in [0.05, 0.1) is 6.33 Å². The van der Waals surface area contributed by atoms with Crippen LogP contribution in [-0.4, -0.2) is 15.5 Å². The lowest BCUT2D eigenvalue weighted by molar-refractivity contribution is -0.0406. The Balaban J connectivity index is 2.02. The minimum Gasteiger partial charge on any atom is -0.299 e. The van der Waals surface area contributed by atoms with E-state index in [0.717, 1.165) is 17.0 Å². The summed E-state index contributed by atoms with van der Waals surface area (Å²) in [5, 5.41) is 0. The molecule has 1 unspecified atom stereocenters. The van der Waals surface area contributed by atoms with Crippen LogP contribution < -0.4 is 5.56 Å². The number of aromatic nitrogens is 2. The molecule has 7 heteroatoms. The molecule has 0 aromatic carbocycles. The highest BCUT2D eigenvalue weighted by Crippen LogP contribution is 2.42. The van der Waals surface area contributed by atoms with Gasteiger partial charge >= 0.3 is 0 Å². The summed E-state index contributed by atoms with van der Waals surface area (Å²) in [6, 6.07) is 0.747. The largest absolute Gasteiger partial charge is 0.299 e. The van der Waals surface area contributed by atoms with E-state index in [9.17, 15) is 22.4 Å². The first kappa shape index (κ1) is 14.0. The van der Waals surface area contributed by atoms with Crippen molar-refractivity contribution in [1.29, 1.82) is 0 Å². The Morgan fingerprint density at radius 2 is 2.21 bits per heavy atom. The molecule has 2 rings (SSSR count). The minimum atomic E-state index is -2.80. The van der Waals surface area contributed by atoms with E-state index in [1.165, 1.54) is 0 Å². The van der Waals surface area contributed by atoms with Gasteiger partial charge in [-0.1, -0.05) is 0 Å². The van der Waals surface area contributed by atoms with E-state index in [4.69, 9.17) is 0 Å². The van der Waals surface area contributed by atoms with Crippen LogP contribution in [0.2, 0.25) is 0 Å². The van der Waals surface area contributed by atoms with Crippen molar-refractivity contribution >= 4 is 0 Å². The zero-order valence-electron chi connectivity index (χ0n) is 10.2. The molecule has 106 valence electrons. The molecule has 1 heterocycles. The van der Waals surface area contributed by atoms with E-state index < -0.39 is 29.5 Å². The minimum absolute atomic E-state index is 0.0790. The third-order valence-corrected chi connectivity index (χ3v) is 3.50. The first-order valence-corrected chi connectivity index (χ1v) is 6.12. The molecular weight excluding hydrogens is 264 g/mol. The second kappa shape index (κ2) is 5.30. The SMILES string of the molecule is O=c1cc(C(F)F)ncn1CCC1CCCC1(F)F. The maximum atomic E-state index is 13.4. The maximum Gasteiger partial charge on any atom is 0.280 e. The monoisotopic (exact) mass is 278 g/mol. The van der Waals surface area contributed by atoms with Crippen molar-refractivity contribution in [2.45, 2.75) is 44.6 Å². The van der Waals surface area contributed by atoms with E-state index in [1.54, 1.807) is 0 Å². The van der Waals surface area contributed by atoms with Crippen LogP contribution in [0, 0.1) is 5.92 Å². The van der Waals surface area contributed by atoms with Crippen molar-refractivity contribution < 1.29 is 17.6 Å². The highest BCUT2D eigenvalue weighted by Gasteiger charge is 2.43. The predicted octanol–water partition coefficient (Wildman–Crippen LogP) is 3.01. The molecule has 1 aromatic rings. The van der Waals surface area contributed by atoms with Gasteiger partial charge < -0.3 is 0 Å². The van der Waals surface area contributed by atoms with Gasteiger partial charge in [0.15, 0.2) is 0 Å². The van der Waals surface area contributed by atoms with Crippen LogP contribution in [0.15, 0.2) is 17.2 Å². The Bertz CT molecular complexity index is 501. The number of rotatable bonds is 4. The number of hydrogen-bond donors (Lipinski definition) is 0. The van der Waals surface area contributed by atoms with Crippen molar-refractivity contribution in [2.24, 2.45) is 5.92 Å². The van der Waals surface area contributed by atoms with Gasteiger partial charge in [0.2, 0.25) is 0 Å². The molecule has 1 aliphatic rings. The van der Waals surface area contributed by atoms with Crippen LogP contribution >= 0.6 is 0 Å². The van der Waals surface area contributed by atoms with Crippen molar-refractivity contribution in [3.63, 3.8) is 0 Å². The quantitative estimate of drug-likeness (QED) is 0.793. The molecule has 0 aliphatic heterocycles. The van der Waals surface area contributed by atoms with Crippen LogP contribution in [0.25, 0.3) is 0 Å². The lowest BCUT2D eigenvalue weighted by atomic mass is 10.0. The van der Waals surface area contributed by atoms with E-state index in [-0.39, 0.29) is 19.4 Å². The summed E-state index contributed by atoms with van der Waals surface area (Å²) in [7, 11) is 0. The third kappa shape index (κ3) is 3.13.